The van der Waals surface area contributed by atoms with E-state index in [0.29, 0.717) is 0 Å². The van der Waals surface area contributed by atoms with E-state index in [0.717, 1.165) is 9.91 Å². The summed E-state index contributed by atoms with van der Waals surface area (Å²) in [6.07, 6.45) is 1.66. The molecule has 0 atom stereocenters. The van der Waals surface area contributed by atoms with Crippen molar-refractivity contribution in [2.75, 3.05) is 13.6 Å². The number of thiazole rings is 1. The molecular formula is C10H15N3O3S. The third kappa shape index (κ3) is 3.70. The quantitative estimate of drug-likeness (QED) is 0.846. The molecule has 2 amide bonds. The lowest BCUT2D eigenvalue weighted by molar-refractivity contribution is -0.137. The molecule has 0 fully saturated rings. The molecule has 0 saturated carbocycles. The molecule has 7 heteroatoms. The summed E-state index contributed by atoms with van der Waals surface area (Å²) in [6, 6.07) is -0.437. The lowest BCUT2D eigenvalue weighted by atomic mass is 10.1. The summed E-state index contributed by atoms with van der Waals surface area (Å²) < 4.78 is 0. The van der Waals surface area contributed by atoms with Crippen LogP contribution in [0.3, 0.4) is 0 Å². The number of hydrogen-bond acceptors (Lipinski definition) is 4. The fourth-order valence-corrected chi connectivity index (χ4v) is 1.94. The Balaban J connectivity index is 2.65. The molecule has 0 bridgehead atoms. The number of likely N-dealkylation sites (N-methyl/N-ethyl adjacent to an activating group) is 1. The van der Waals surface area contributed by atoms with Gasteiger partial charge in [0.05, 0.1) is 5.54 Å². The third-order valence-electron chi connectivity index (χ3n) is 2.11. The molecule has 0 aliphatic heterocycles. The number of carbonyl (C=O) groups excluding carboxylic acids is 1. The van der Waals surface area contributed by atoms with Gasteiger partial charge >= 0.3 is 12.0 Å². The topological polar surface area (TPSA) is 82.5 Å². The van der Waals surface area contributed by atoms with Gasteiger partial charge in [-0.1, -0.05) is 0 Å². The number of hydrogen-bond donors (Lipinski definition) is 2. The Bertz CT molecular complexity index is 403. The molecule has 1 aromatic rings. The summed E-state index contributed by atoms with van der Waals surface area (Å²) in [6.45, 7) is 3.30. The van der Waals surface area contributed by atoms with E-state index in [1.165, 1.54) is 18.4 Å². The highest BCUT2D eigenvalue weighted by molar-refractivity contribution is 7.09. The van der Waals surface area contributed by atoms with Crippen molar-refractivity contribution in [2.24, 2.45) is 0 Å². The number of urea groups is 1. The molecule has 6 nitrogen and oxygen atoms in total. The van der Waals surface area contributed by atoms with Crippen LogP contribution in [0, 0.1) is 0 Å². The third-order valence-corrected chi connectivity index (χ3v) is 3.20. The molecule has 1 heterocycles. The van der Waals surface area contributed by atoms with E-state index in [4.69, 9.17) is 5.11 Å². The Kier molecular flexibility index (Phi) is 4.06. The zero-order chi connectivity index (χ0) is 13.1. The van der Waals surface area contributed by atoms with Crippen molar-refractivity contribution >= 4 is 23.3 Å². The van der Waals surface area contributed by atoms with E-state index in [-0.39, 0.29) is 6.54 Å². The molecule has 94 valence electrons. The number of aliphatic carboxylic acids is 1. The van der Waals surface area contributed by atoms with Gasteiger partial charge in [0.15, 0.2) is 0 Å². The molecule has 0 radical (unpaired) electrons. The van der Waals surface area contributed by atoms with Gasteiger partial charge < -0.3 is 15.3 Å². The second-order valence-corrected chi connectivity index (χ2v) is 5.04. The van der Waals surface area contributed by atoms with Crippen molar-refractivity contribution in [3.63, 3.8) is 0 Å². The number of nitrogens with one attached hydrogen (secondary N) is 1. The fourth-order valence-electron chi connectivity index (χ4n) is 1.22. The average Bonchev–Trinajstić information content (AvgIpc) is 2.68. The summed E-state index contributed by atoms with van der Waals surface area (Å²) in [5.74, 6) is -1.05. The first-order chi connectivity index (χ1) is 7.83. The molecule has 0 spiro atoms. The molecule has 0 aliphatic rings. The second-order valence-electron chi connectivity index (χ2n) is 4.14. The van der Waals surface area contributed by atoms with Gasteiger partial charge in [-0.15, -0.1) is 11.3 Å². The first-order valence-electron chi connectivity index (χ1n) is 4.98. The van der Waals surface area contributed by atoms with Crippen LogP contribution in [0.5, 0.6) is 0 Å². The van der Waals surface area contributed by atoms with Gasteiger partial charge in [-0.05, 0) is 13.8 Å². The van der Waals surface area contributed by atoms with Crippen LogP contribution in [0.25, 0.3) is 0 Å². The van der Waals surface area contributed by atoms with Crippen molar-refractivity contribution in [1.29, 1.82) is 0 Å². The predicted molar refractivity (Wildman–Crippen MR) is 63.9 cm³/mol. The highest BCUT2D eigenvalue weighted by Gasteiger charge is 2.27. The minimum Gasteiger partial charge on any atom is -0.480 e. The SMILES string of the molecule is CN(CC(=O)O)C(=O)NC(C)(C)c1nccs1. The van der Waals surface area contributed by atoms with Gasteiger partial charge in [-0.2, -0.15) is 0 Å². The van der Waals surface area contributed by atoms with E-state index in [2.05, 4.69) is 10.3 Å². The van der Waals surface area contributed by atoms with Crippen LogP contribution in [0.1, 0.15) is 18.9 Å². The molecule has 0 saturated heterocycles. The van der Waals surface area contributed by atoms with Gasteiger partial charge in [-0.3, -0.25) is 4.79 Å². The first-order valence-corrected chi connectivity index (χ1v) is 5.86. The molecule has 0 aliphatic carbocycles. The molecule has 2 N–H and O–H groups in total. The predicted octanol–water partition coefficient (Wildman–Crippen LogP) is 1.10. The van der Waals surface area contributed by atoms with Gasteiger partial charge in [0, 0.05) is 18.6 Å². The maximum atomic E-state index is 11.7. The van der Waals surface area contributed by atoms with Gasteiger partial charge in [-0.25, -0.2) is 9.78 Å². The van der Waals surface area contributed by atoms with Crippen LogP contribution in [-0.2, 0) is 10.3 Å². The molecule has 1 rings (SSSR count). The van der Waals surface area contributed by atoms with Crippen LogP contribution in [0.4, 0.5) is 4.79 Å². The summed E-state index contributed by atoms with van der Waals surface area (Å²) in [4.78, 5) is 27.4. The molecule has 17 heavy (non-hydrogen) atoms. The Morgan fingerprint density at radius 2 is 2.24 bits per heavy atom. The highest BCUT2D eigenvalue weighted by atomic mass is 32.1. The van der Waals surface area contributed by atoms with Gasteiger partial charge in [0.2, 0.25) is 0 Å². The van der Waals surface area contributed by atoms with Crippen LogP contribution in [-0.4, -0.2) is 40.6 Å². The number of carboxylic acids is 1. The van der Waals surface area contributed by atoms with E-state index in [1.54, 1.807) is 6.20 Å². The van der Waals surface area contributed by atoms with E-state index >= 15 is 0 Å². The van der Waals surface area contributed by atoms with Crippen molar-refractivity contribution in [1.82, 2.24) is 15.2 Å². The lowest BCUT2D eigenvalue weighted by Gasteiger charge is -2.26. The Morgan fingerprint density at radius 1 is 1.59 bits per heavy atom. The highest BCUT2D eigenvalue weighted by Crippen LogP contribution is 2.21. The average molecular weight is 257 g/mol. The number of amides is 2. The van der Waals surface area contributed by atoms with E-state index < -0.39 is 17.5 Å². The maximum absolute atomic E-state index is 11.7. The fraction of sp³-hybridized carbons (Fsp3) is 0.500. The Labute approximate surface area is 103 Å². The summed E-state index contributed by atoms with van der Waals surface area (Å²) in [5.41, 5.74) is -0.613. The number of nitrogens with zero attached hydrogens (tertiary/aromatic N) is 2. The summed E-state index contributed by atoms with van der Waals surface area (Å²) in [5, 5.41) is 13.9. The lowest BCUT2D eigenvalue weighted by Crippen LogP contribution is -2.48. The minimum atomic E-state index is -1.05. The van der Waals surface area contributed by atoms with Crippen molar-refractivity contribution in [3.05, 3.63) is 16.6 Å². The van der Waals surface area contributed by atoms with Crippen LogP contribution < -0.4 is 5.32 Å². The normalized spacial score (nSPS) is 11.0. The number of carboxylic acid groups (broad SMARTS) is 1. The Hall–Kier alpha value is -1.63. The Morgan fingerprint density at radius 3 is 2.71 bits per heavy atom. The molecule has 0 aromatic carbocycles. The minimum absolute atomic E-state index is 0.334. The second kappa shape index (κ2) is 5.13. The molecule has 1 aromatic heterocycles. The monoisotopic (exact) mass is 257 g/mol. The number of aromatic nitrogens is 1. The van der Waals surface area contributed by atoms with Gasteiger partial charge in [0.1, 0.15) is 11.6 Å². The zero-order valence-electron chi connectivity index (χ0n) is 9.93. The summed E-state index contributed by atoms with van der Waals surface area (Å²) in [7, 11) is 1.43. The number of carbonyl (C=O) groups is 2. The van der Waals surface area contributed by atoms with Crippen LogP contribution in [0.15, 0.2) is 11.6 Å². The summed E-state index contributed by atoms with van der Waals surface area (Å²) >= 11 is 1.44. The van der Waals surface area contributed by atoms with Crippen molar-refractivity contribution in [2.45, 2.75) is 19.4 Å². The van der Waals surface area contributed by atoms with Crippen LogP contribution >= 0.6 is 11.3 Å². The van der Waals surface area contributed by atoms with E-state index in [1.807, 2.05) is 19.2 Å². The number of rotatable bonds is 4. The van der Waals surface area contributed by atoms with Gasteiger partial charge in [0.25, 0.3) is 0 Å². The zero-order valence-corrected chi connectivity index (χ0v) is 10.7. The van der Waals surface area contributed by atoms with Crippen LogP contribution in [0.2, 0.25) is 0 Å². The van der Waals surface area contributed by atoms with E-state index in [9.17, 15) is 9.59 Å². The molecular weight excluding hydrogens is 242 g/mol. The first kappa shape index (κ1) is 13.4. The van der Waals surface area contributed by atoms with Crippen molar-refractivity contribution in [3.8, 4) is 0 Å². The molecule has 0 unspecified atom stereocenters. The van der Waals surface area contributed by atoms with Crippen molar-refractivity contribution < 1.29 is 14.7 Å². The standard InChI is InChI=1S/C10H15N3O3S/c1-10(2,8-11-4-5-17-8)12-9(16)13(3)6-7(14)15/h4-5H,6H2,1-3H3,(H,12,16)(H,14,15). The smallest absolute Gasteiger partial charge is 0.323 e. The maximum Gasteiger partial charge on any atom is 0.323 e. The largest absolute Gasteiger partial charge is 0.480 e.